The molecule has 0 saturated heterocycles. The van der Waals surface area contributed by atoms with E-state index >= 15 is 0 Å². The van der Waals surface area contributed by atoms with E-state index in [1.54, 1.807) is 11.6 Å². The fraction of sp³-hybridized carbons (Fsp3) is 0.556. The zero-order chi connectivity index (χ0) is 10.0. The first-order valence-electron chi connectivity index (χ1n) is 4.31. The van der Waals surface area contributed by atoms with E-state index in [1.165, 1.54) is 0 Å². The molecular weight excluding hydrogens is 166 g/mol. The molecule has 0 fully saturated rings. The maximum Gasteiger partial charge on any atom is 0.347 e. The van der Waals surface area contributed by atoms with Gasteiger partial charge in [0.25, 0.3) is 0 Å². The number of aromatic nitrogens is 2. The van der Waals surface area contributed by atoms with Gasteiger partial charge in [-0.05, 0) is 32.4 Å². The minimum atomic E-state index is -0.198. The van der Waals surface area contributed by atoms with E-state index in [4.69, 9.17) is 5.73 Å². The summed E-state index contributed by atoms with van der Waals surface area (Å²) >= 11 is 0. The van der Waals surface area contributed by atoms with Crippen LogP contribution in [0.5, 0.6) is 0 Å². The predicted molar refractivity (Wildman–Crippen MR) is 51.7 cm³/mol. The second-order valence-electron chi connectivity index (χ2n) is 3.14. The van der Waals surface area contributed by atoms with Gasteiger partial charge < -0.3 is 5.73 Å². The molecule has 0 aliphatic rings. The summed E-state index contributed by atoms with van der Waals surface area (Å²) in [5, 5.41) is 0. The third-order valence-corrected chi connectivity index (χ3v) is 2.32. The van der Waals surface area contributed by atoms with Crippen molar-refractivity contribution in [3.8, 4) is 0 Å². The van der Waals surface area contributed by atoms with Crippen LogP contribution in [0.3, 0.4) is 0 Å². The lowest BCUT2D eigenvalue weighted by molar-refractivity contribution is 0.736. The summed E-state index contributed by atoms with van der Waals surface area (Å²) in [4.78, 5) is 15.1. The van der Waals surface area contributed by atoms with Crippen LogP contribution >= 0.6 is 0 Å². The average Bonchev–Trinajstić information content (AvgIpc) is 2.09. The van der Waals surface area contributed by atoms with Gasteiger partial charge in [0.1, 0.15) is 0 Å². The van der Waals surface area contributed by atoms with Crippen LogP contribution in [0.15, 0.2) is 4.79 Å². The van der Waals surface area contributed by atoms with Crippen molar-refractivity contribution in [3.05, 3.63) is 27.4 Å². The highest BCUT2D eigenvalue weighted by Gasteiger charge is 2.07. The van der Waals surface area contributed by atoms with E-state index in [9.17, 15) is 4.79 Å². The second kappa shape index (κ2) is 3.70. The van der Waals surface area contributed by atoms with Gasteiger partial charge in [-0.3, -0.25) is 4.57 Å². The van der Waals surface area contributed by atoms with E-state index in [0.717, 1.165) is 23.4 Å². The molecule has 13 heavy (non-hydrogen) atoms. The van der Waals surface area contributed by atoms with Crippen molar-refractivity contribution in [3.63, 3.8) is 0 Å². The molecule has 0 bridgehead atoms. The lowest BCUT2D eigenvalue weighted by Crippen LogP contribution is -2.25. The number of nitrogens with zero attached hydrogens (tertiary/aromatic N) is 2. The first-order valence-corrected chi connectivity index (χ1v) is 4.31. The Bertz CT molecular complexity index is 368. The zero-order valence-corrected chi connectivity index (χ0v) is 8.29. The molecule has 1 aromatic rings. The number of rotatable bonds is 2. The topological polar surface area (TPSA) is 60.9 Å². The molecule has 1 rings (SSSR count). The molecule has 4 heteroatoms. The van der Waals surface area contributed by atoms with E-state index < -0.39 is 0 Å². The van der Waals surface area contributed by atoms with Gasteiger partial charge in [0.2, 0.25) is 0 Å². The normalized spacial score (nSPS) is 10.5. The molecule has 2 N–H and O–H groups in total. The Morgan fingerprint density at radius 1 is 1.46 bits per heavy atom. The van der Waals surface area contributed by atoms with Crippen molar-refractivity contribution in [1.82, 2.24) is 9.55 Å². The Hall–Kier alpha value is -1.16. The average molecular weight is 181 g/mol. The fourth-order valence-corrected chi connectivity index (χ4v) is 1.40. The highest BCUT2D eigenvalue weighted by atomic mass is 16.1. The summed E-state index contributed by atoms with van der Waals surface area (Å²) in [5.74, 6) is 0. The number of hydrogen-bond acceptors (Lipinski definition) is 3. The van der Waals surface area contributed by atoms with Crippen molar-refractivity contribution in [2.24, 2.45) is 12.8 Å². The first kappa shape index (κ1) is 9.92. The molecule has 0 unspecified atom stereocenters. The molecule has 0 aromatic carbocycles. The largest absolute Gasteiger partial charge is 0.347 e. The van der Waals surface area contributed by atoms with Crippen LogP contribution in [-0.2, 0) is 13.5 Å². The molecule has 1 heterocycles. The van der Waals surface area contributed by atoms with Crippen molar-refractivity contribution in [2.45, 2.75) is 20.3 Å². The highest BCUT2D eigenvalue weighted by Crippen LogP contribution is 2.07. The Kier molecular flexibility index (Phi) is 2.83. The maximum absolute atomic E-state index is 11.2. The molecule has 0 radical (unpaired) electrons. The van der Waals surface area contributed by atoms with Gasteiger partial charge in [-0.2, -0.15) is 4.98 Å². The SMILES string of the molecule is Cc1nc(=O)n(C)c(C)c1CCN. The van der Waals surface area contributed by atoms with Crippen LogP contribution in [0.4, 0.5) is 0 Å². The van der Waals surface area contributed by atoms with E-state index in [1.807, 2.05) is 13.8 Å². The minimum absolute atomic E-state index is 0.198. The van der Waals surface area contributed by atoms with Gasteiger partial charge in [-0.1, -0.05) is 0 Å². The first-order chi connectivity index (χ1) is 6.07. The monoisotopic (exact) mass is 181 g/mol. The molecule has 0 atom stereocenters. The number of aryl methyl sites for hydroxylation is 1. The number of hydrogen-bond donors (Lipinski definition) is 1. The second-order valence-corrected chi connectivity index (χ2v) is 3.14. The highest BCUT2D eigenvalue weighted by molar-refractivity contribution is 5.23. The van der Waals surface area contributed by atoms with Gasteiger partial charge in [-0.25, -0.2) is 4.79 Å². The third-order valence-electron chi connectivity index (χ3n) is 2.32. The Balaban J connectivity index is 3.35. The van der Waals surface area contributed by atoms with Gasteiger partial charge in [0, 0.05) is 18.4 Å². The van der Waals surface area contributed by atoms with Crippen molar-refractivity contribution in [1.29, 1.82) is 0 Å². The van der Waals surface area contributed by atoms with Crippen LogP contribution in [-0.4, -0.2) is 16.1 Å². The Morgan fingerprint density at radius 2 is 2.08 bits per heavy atom. The van der Waals surface area contributed by atoms with Gasteiger partial charge in [-0.15, -0.1) is 0 Å². The van der Waals surface area contributed by atoms with Crippen LogP contribution in [0.25, 0.3) is 0 Å². The van der Waals surface area contributed by atoms with Crippen LogP contribution < -0.4 is 11.4 Å². The van der Waals surface area contributed by atoms with Gasteiger partial charge >= 0.3 is 5.69 Å². The Morgan fingerprint density at radius 3 is 2.62 bits per heavy atom. The van der Waals surface area contributed by atoms with E-state index in [-0.39, 0.29) is 5.69 Å². The lowest BCUT2D eigenvalue weighted by Gasteiger charge is -2.10. The third kappa shape index (κ3) is 1.78. The van der Waals surface area contributed by atoms with Crippen molar-refractivity contribution < 1.29 is 0 Å². The molecule has 72 valence electrons. The van der Waals surface area contributed by atoms with Crippen molar-refractivity contribution in [2.75, 3.05) is 6.54 Å². The van der Waals surface area contributed by atoms with Crippen LogP contribution in [0.1, 0.15) is 17.0 Å². The standard InChI is InChI=1S/C9H15N3O/c1-6-8(4-5-10)7(2)12(3)9(13)11-6/h4-5,10H2,1-3H3. The molecule has 0 aliphatic carbocycles. The van der Waals surface area contributed by atoms with E-state index in [0.29, 0.717) is 6.54 Å². The number of nitrogens with two attached hydrogens (primary N) is 1. The van der Waals surface area contributed by atoms with Crippen LogP contribution in [0, 0.1) is 13.8 Å². The molecule has 0 amide bonds. The van der Waals surface area contributed by atoms with Crippen LogP contribution in [0.2, 0.25) is 0 Å². The van der Waals surface area contributed by atoms with Crippen molar-refractivity contribution >= 4 is 0 Å². The summed E-state index contributed by atoms with van der Waals surface area (Å²) in [5.41, 5.74) is 8.12. The molecule has 1 aromatic heterocycles. The summed E-state index contributed by atoms with van der Waals surface area (Å²) in [6.07, 6.45) is 0.777. The molecule has 0 saturated carbocycles. The zero-order valence-electron chi connectivity index (χ0n) is 8.29. The summed E-state index contributed by atoms with van der Waals surface area (Å²) < 4.78 is 1.55. The predicted octanol–water partition coefficient (Wildman–Crippen LogP) is -0.102. The molecule has 0 aliphatic heterocycles. The minimum Gasteiger partial charge on any atom is -0.330 e. The van der Waals surface area contributed by atoms with Gasteiger partial charge in [0.05, 0.1) is 0 Å². The molecule has 4 nitrogen and oxygen atoms in total. The Labute approximate surface area is 77.4 Å². The summed E-state index contributed by atoms with van der Waals surface area (Å²) in [6, 6.07) is 0. The summed E-state index contributed by atoms with van der Waals surface area (Å²) in [6.45, 7) is 4.35. The molecular formula is C9H15N3O. The smallest absolute Gasteiger partial charge is 0.330 e. The molecule has 0 spiro atoms. The fourth-order valence-electron chi connectivity index (χ4n) is 1.40. The summed E-state index contributed by atoms with van der Waals surface area (Å²) in [7, 11) is 1.73. The lowest BCUT2D eigenvalue weighted by atomic mass is 10.1. The van der Waals surface area contributed by atoms with Gasteiger partial charge in [0.15, 0.2) is 0 Å². The maximum atomic E-state index is 11.2. The van der Waals surface area contributed by atoms with E-state index in [2.05, 4.69) is 4.98 Å². The quantitative estimate of drug-likeness (QED) is 0.693.